The predicted octanol–water partition coefficient (Wildman–Crippen LogP) is 3.43. The van der Waals surface area contributed by atoms with Crippen molar-refractivity contribution in [3.8, 4) is 0 Å². The highest BCUT2D eigenvalue weighted by atomic mass is 32.1. The van der Waals surface area contributed by atoms with Crippen LogP contribution in [0.1, 0.15) is 12.8 Å². The Morgan fingerprint density at radius 3 is 2.89 bits per heavy atom. The lowest BCUT2D eigenvalue weighted by Gasteiger charge is -2.10. The number of aliphatic imine (C=N–C) groups is 1. The summed E-state index contributed by atoms with van der Waals surface area (Å²) < 4.78 is 46.3. The molecule has 2 aromatic rings. The third-order valence-corrected chi connectivity index (χ3v) is 5.33. The average molecular weight is 396 g/mol. The van der Waals surface area contributed by atoms with Crippen LogP contribution in [0.5, 0.6) is 0 Å². The van der Waals surface area contributed by atoms with E-state index >= 15 is 0 Å². The Morgan fingerprint density at radius 1 is 1.37 bits per heavy atom. The van der Waals surface area contributed by atoms with E-state index in [-0.39, 0.29) is 17.8 Å². The minimum Gasteiger partial charge on any atom is -0.376 e. The van der Waals surface area contributed by atoms with Crippen LogP contribution < -0.4 is 5.01 Å². The average Bonchev–Trinajstić information content (AvgIpc) is 3.33. The van der Waals surface area contributed by atoms with E-state index in [0.29, 0.717) is 12.1 Å². The smallest absolute Gasteiger partial charge is 0.376 e. The standard InChI is InChI=1S/C17H15F3N4O2S/c18-17(19,20)14-11(9-21-8-10-4-3-7-26-10)15(25)24(23-14)16-22-12-5-1-2-6-13(12)27-16/h1-2,5-6,9-11H,3-4,7-8H2/t10-,11-/m1/s1. The van der Waals surface area contributed by atoms with E-state index in [1.807, 2.05) is 0 Å². The molecule has 10 heteroatoms. The zero-order chi connectivity index (χ0) is 19.0. The first-order valence-electron chi connectivity index (χ1n) is 8.40. The van der Waals surface area contributed by atoms with Gasteiger partial charge in [0.1, 0.15) is 5.92 Å². The summed E-state index contributed by atoms with van der Waals surface area (Å²) in [6.45, 7) is 0.860. The van der Waals surface area contributed by atoms with Gasteiger partial charge in [-0.25, -0.2) is 4.98 Å². The number of benzene rings is 1. The van der Waals surface area contributed by atoms with Gasteiger partial charge in [0.2, 0.25) is 5.13 Å². The lowest BCUT2D eigenvalue weighted by atomic mass is 10.0. The number of hydrogen-bond acceptors (Lipinski definition) is 6. The van der Waals surface area contributed by atoms with Gasteiger partial charge < -0.3 is 4.74 Å². The molecule has 1 saturated heterocycles. The van der Waals surface area contributed by atoms with E-state index in [2.05, 4.69) is 15.1 Å². The lowest BCUT2D eigenvalue weighted by molar-refractivity contribution is -0.119. The van der Waals surface area contributed by atoms with Crippen molar-refractivity contribution in [1.29, 1.82) is 0 Å². The van der Waals surface area contributed by atoms with Gasteiger partial charge in [0.15, 0.2) is 5.71 Å². The third-order valence-electron chi connectivity index (χ3n) is 4.32. The van der Waals surface area contributed by atoms with Crippen LogP contribution >= 0.6 is 11.3 Å². The maximum absolute atomic E-state index is 13.4. The molecule has 1 aromatic heterocycles. The van der Waals surface area contributed by atoms with Crippen molar-refractivity contribution in [1.82, 2.24) is 4.98 Å². The molecule has 0 unspecified atom stereocenters. The minimum atomic E-state index is -4.73. The molecule has 1 fully saturated rings. The Hall–Kier alpha value is -2.33. The zero-order valence-corrected chi connectivity index (χ0v) is 14.8. The number of amides is 1. The molecule has 6 nitrogen and oxygen atoms in total. The van der Waals surface area contributed by atoms with E-state index < -0.39 is 23.7 Å². The number of halogens is 3. The summed E-state index contributed by atoms with van der Waals surface area (Å²) in [6, 6.07) is 7.07. The molecule has 0 N–H and O–H groups in total. The number of thiazole rings is 1. The first-order valence-corrected chi connectivity index (χ1v) is 9.22. The van der Waals surface area contributed by atoms with Gasteiger partial charge in [-0.1, -0.05) is 23.5 Å². The summed E-state index contributed by atoms with van der Waals surface area (Å²) in [5, 5.41) is 4.38. The number of aromatic nitrogens is 1. The minimum absolute atomic E-state index is 0.107. The summed E-state index contributed by atoms with van der Waals surface area (Å²) in [4.78, 5) is 20.9. The lowest BCUT2D eigenvalue weighted by Crippen LogP contribution is -2.34. The second-order valence-corrected chi connectivity index (χ2v) is 7.23. The highest BCUT2D eigenvalue weighted by Gasteiger charge is 2.50. The molecule has 0 aliphatic carbocycles. The number of anilines is 1. The first-order chi connectivity index (χ1) is 12.9. The number of alkyl halides is 3. The molecule has 4 rings (SSSR count). The molecule has 2 aliphatic heterocycles. The number of hydrogen-bond donors (Lipinski definition) is 0. The second kappa shape index (κ2) is 7.01. The molecule has 0 bridgehead atoms. The van der Waals surface area contributed by atoms with Crippen LogP contribution in [0.4, 0.5) is 18.3 Å². The summed E-state index contributed by atoms with van der Waals surface area (Å²) in [6.07, 6.45) is -2.09. The van der Waals surface area contributed by atoms with Crippen LogP contribution in [0.3, 0.4) is 0 Å². The topological polar surface area (TPSA) is 67.2 Å². The maximum atomic E-state index is 13.4. The number of ether oxygens (including phenoxy) is 1. The highest BCUT2D eigenvalue weighted by molar-refractivity contribution is 7.22. The van der Waals surface area contributed by atoms with Crippen molar-refractivity contribution in [2.24, 2.45) is 16.0 Å². The van der Waals surface area contributed by atoms with Crippen LogP contribution in [-0.4, -0.2) is 48.2 Å². The Morgan fingerprint density at radius 2 is 2.19 bits per heavy atom. The fraction of sp³-hybridized carbons (Fsp3) is 0.412. The molecule has 27 heavy (non-hydrogen) atoms. The van der Waals surface area contributed by atoms with Gasteiger partial charge in [-0.3, -0.25) is 9.79 Å². The monoisotopic (exact) mass is 396 g/mol. The molecular formula is C17H15F3N4O2S. The second-order valence-electron chi connectivity index (χ2n) is 6.22. The molecule has 142 valence electrons. The van der Waals surface area contributed by atoms with E-state index in [1.54, 1.807) is 24.3 Å². The fourth-order valence-electron chi connectivity index (χ4n) is 3.00. The molecular weight excluding hydrogens is 381 g/mol. The van der Waals surface area contributed by atoms with Gasteiger partial charge in [0, 0.05) is 12.8 Å². The van der Waals surface area contributed by atoms with E-state index in [9.17, 15) is 18.0 Å². The summed E-state index contributed by atoms with van der Waals surface area (Å²) in [7, 11) is 0. The Kier molecular flexibility index (Phi) is 4.68. The van der Waals surface area contributed by atoms with Crippen LogP contribution in [0.15, 0.2) is 34.4 Å². The molecule has 3 heterocycles. The van der Waals surface area contributed by atoms with Gasteiger partial charge >= 0.3 is 6.18 Å². The van der Waals surface area contributed by atoms with Crippen molar-refractivity contribution >= 4 is 44.5 Å². The number of carbonyl (C=O) groups excluding carboxylic acids is 1. The number of para-hydroxylation sites is 1. The van der Waals surface area contributed by atoms with Crippen molar-refractivity contribution in [2.75, 3.05) is 18.2 Å². The number of carbonyl (C=O) groups is 1. The SMILES string of the molecule is O=C1[C@H](C=NC[C@H]2CCCO2)C(C(F)(F)F)=NN1c1nc2ccccc2s1. The van der Waals surface area contributed by atoms with Crippen LogP contribution in [-0.2, 0) is 9.53 Å². The number of nitrogens with zero attached hydrogens (tertiary/aromatic N) is 4. The van der Waals surface area contributed by atoms with Crippen molar-refractivity contribution in [2.45, 2.75) is 25.1 Å². The fourth-order valence-corrected chi connectivity index (χ4v) is 3.92. The van der Waals surface area contributed by atoms with Crippen molar-refractivity contribution < 1.29 is 22.7 Å². The van der Waals surface area contributed by atoms with Crippen molar-refractivity contribution in [3.05, 3.63) is 24.3 Å². The van der Waals surface area contributed by atoms with Crippen LogP contribution in [0.2, 0.25) is 0 Å². The Balaban J connectivity index is 1.60. The summed E-state index contributed by atoms with van der Waals surface area (Å²) in [5.74, 6) is -2.38. The van der Waals surface area contributed by atoms with Gasteiger partial charge in [-0.15, -0.1) is 0 Å². The van der Waals surface area contributed by atoms with E-state index in [1.165, 1.54) is 0 Å². The molecule has 0 saturated carbocycles. The molecule has 1 aromatic carbocycles. The number of rotatable bonds is 4. The Labute approximate surface area is 156 Å². The quantitative estimate of drug-likeness (QED) is 0.744. The van der Waals surface area contributed by atoms with Crippen LogP contribution in [0.25, 0.3) is 10.2 Å². The molecule has 1 amide bonds. The van der Waals surface area contributed by atoms with Crippen molar-refractivity contribution in [3.63, 3.8) is 0 Å². The maximum Gasteiger partial charge on any atom is 0.432 e. The molecule has 0 spiro atoms. The summed E-state index contributed by atoms with van der Waals surface area (Å²) >= 11 is 1.11. The third kappa shape index (κ3) is 3.59. The van der Waals surface area contributed by atoms with Gasteiger partial charge in [-0.05, 0) is 25.0 Å². The molecule has 0 radical (unpaired) electrons. The highest BCUT2D eigenvalue weighted by Crippen LogP contribution is 2.35. The number of hydrazone groups is 1. The zero-order valence-electron chi connectivity index (χ0n) is 14.0. The first kappa shape index (κ1) is 18.1. The van der Waals surface area contributed by atoms with E-state index in [4.69, 9.17) is 4.74 Å². The largest absolute Gasteiger partial charge is 0.432 e. The van der Waals surface area contributed by atoms with Crippen LogP contribution in [0, 0.1) is 5.92 Å². The normalized spacial score (nSPS) is 23.7. The predicted molar refractivity (Wildman–Crippen MR) is 96.4 cm³/mol. The van der Waals surface area contributed by atoms with Gasteiger partial charge in [0.05, 0.1) is 22.9 Å². The molecule has 2 atom stereocenters. The number of fused-ring (bicyclic) bond motifs is 1. The molecule has 2 aliphatic rings. The van der Waals surface area contributed by atoms with Gasteiger partial charge in [-0.2, -0.15) is 23.3 Å². The summed E-state index contributed by atoms with van der Waals surface area (Å²) in [5.41, 5.74) is -0.576. The van der Waals surface area contributed by atoms with E-state index in [0.717, 1.165) is 40.1 Å². The Bertz CT molecular complexity index is 885. The van der Waals surface area contributed by atoms with Gasteiger partial charge in [0.25, 0.3) is 5.91 Å².